The summed E-state index contributed by atoms with van der Waals surface area (Å²) >= 11 is 0. The van der Waals surface area contributed by atoms with Crippen molar-refractivity contribution >= 4 is 49.5 Å². The molecule has 32 heavy (non-hydrogen) atoms. The molecule has 0 aliphatic rings. The zero-order chi connectivity index (χ0) is 22.2. The fraction of sp³-hybridized carbons (Fsp3) is 0.133. The fourth-order valence-corrected chi connectivity index (χ4v) is 4.31. The molecule has 0 amide bonds. The van der Waals surface area contributed by atoms with E-state index in [2.05, 4.69) is 62.9 Å². The average molecular weight is 421 g/mol. The molecule has 0 aliphatic carbocycles. The summed E-state index contributed by atoms with van der Waals surface area (Å²) in [6.07, 6.45) is 0. The Balaban J connectivity index is 0.000000152. The van der Waals surface area contributed by atoms with Gasteiger partial charge in [-0.05, 0) is 36.1 Å². The van der Waals surface area contributed by atoms with Crippen LogP contribution in [0.1, 0.15) is 39.2 Å². The molecule has 0 radical (unpaired) electrons. The van der Waals surface area contributed by atoms with E-state index in [0.717, 1.165) is 38.9 Å². The molecule has 0 bridgehead atoms. The molecule has 0 fully saturated rings. The molecule has 0 saturated carbocycles. The third kappa shape index (κ3) is 3.38. The highest BCUT2D eigenvalue weighted by Crippen LogP contribution is 2.34. The minimum Gasteiger partial charge on any atom is -0.456 e. The van der Waals surface area contributed by atoms with E-state index in [1.165, 1.54) is 21.7 Å². The third-order valence-electron chi connectivity index (χ3n) is 5.92. The Hall–Kier alpha value is -3.78. The van der Waals surface area contributed by atoms with Gasteiger partial charge in [-0.25, -0.2) is 0 Å². The Labute approximate surface area is 189 Å². The normalized spacial score (nSPS) is 11.4. The van der Waals surface area contributed by atoms with Gasteiger partial charge in [-0.2, -0.15) is 0 Å². The summed E-state index contributed by atoms with van der Waals surface area (Å²) < 4.78 is 11.8. The Bertz CT molecular complexity index is 1580. The van der Waals surface area contributed by atoms with Gasteiger partial charge in [-0.1, -0.05) is 93.2 Å². The number of fused-ring (bicyclic) bond motifs is 6. The first-order chi connectivity index (χ1) is 15.5. The van der Waals surface area contributed by atoms with Gasteiger partial charge in [0.15, 0.2) is 0 Å². The molecule has 4 aromatic carbocycles. The highest BCUT2D eigenvalue weighted by atomic mass is 16.3. The van der Waals surface area contributed by atoms with Crippen molar-refractivity contribution in [3.05, 3.63) is 103 Å². The van der Waals surface area contributed by atoms with Crippen LogP contribution in [0.3, 0.4) is 0 Å². The molecule has 6 aromatic rings. The van der Waals surface area contributed by atoms with Crippen LogP contribution in [0.2, 0.25) is 0 Å². The predicted molar refractivity (Wildman–Crippen MR) is 138 cm³/mol. The highest BCUT2D eigenvalue weighted by Gasteiger charge is 2.12. The van der Waals surface area contributed by atoms with Crippen molar-refractivity contribution in [2.45, 2.75) is 26.7 Å². The van der Waals surface area contributed by atoms with Gasteiger partial charge in [0.2, 0.25) is 0 Å². The number of hydrogen-bond donors (Lipinski definition) is 0. The molecule has 2 heteroatoms. The lowest BCUT2D eigenvalue weighted by Crippen LogP contribution is -1.86. The largest absolute Gasteiger partial charge is 0.456 e. The molecule has 0 aliphatic heterocycles. The Morgan fingerprint density at radius 1 is 0.656 bits per heavy atom. The smallest absolute Gasteiger partial charge is 0.142 e. The lowest BCUT2D eigenvalue weighted by atomic mass is 10.0. The highest BCUT2D eigenvalue weighted by molar-refractivity contribution is 6.08. The Morgan fingerprint density at radius 2 is 1.16 bits per heavy atom. The van der Waals surface area contributed by atoms with Crippen LogP contribution in [0.25, 0.3) is 49.5 Å². The van der Waals surface area contributed by atoms with Crippen LogP contribution in [-0.2, 0) is 0 Å². The van der Waals surface area contributed by atoms with E-state index in [4.69, 9.17) is 8.83 Å². The van der Waals surface area contributed by atoms with E-state index in [-0.39, 0.29) is 1.43 Å². The lowest BCUT2D eigenvalue weighted by molar-refractivity contribution is 0.657. The molecule has 2 heterocycles. The van der Waals surface area contributed by atoms with Crippen LogP contribution >= 0.6 is 0 Å². The van der Waals surface area contributed by atoms with Gasteiger partial charge >= 0.3 is 0 Å². The summed E-state index contributed by atoms with van der Waals surface area (Å²) in [7, 11) is 0. The van der Waals surface area contributed by atoms with E-state index in [1.807, 2.05) is 49.4 Å². The van der Waals surface area contributed by atoms with Gasteiger partial charge in [-0.15, -0.1) is 0 Å². The first-order valence-corrected chi connectivity index (χ1v) is 11.0. The maximum atomic E-state index is 5.94. The predicted octanol–water partition coefficient (Wildman–Crippen LogP) is 9.57. The second-order valence-corrected chi connectivity index (χ2v) is 8.54. The van der Waals surface area contributed by atoms with Crippen molar-refractivity contribution in [1.29, 1.82) is 0 Å². The van der Waals surface area contributed by atoms with Gasteiger partial charge in [0.1, 0.15) is 22.3 Å². The van der Waals surface area contributed by atoms with Crippen molar-refractivity contribution in [3.8, 4) is 0 Å². The van der Waals surface area contributed by atoms with Crippen LogP contribution in [0.15, 0.2) is 100 Å². The molecule has 2 aromatic heterocycles. The fourth-order valence-electron chi connectivity index (χ4n) is 4.31. The lowest BCUT2D eigenvalue weighted by Gasteiger charge is -2.04. The van der Waals surface area contributed by atoms with E-state index in [1.54, 1.807) is 0 Å². The van der Waals surface area contributed by atoms with Gasteiger partial charge < -0.3 is 8.83 Å². The maximum absolute atomic E-state index is 5.94. The number of hydrogen-bond acceptors (Lipinski definition) is 2. The zero-order valence-electron chi connectivity index (χ0n) is 18.7. The monoisotopic (exact) mass is 420 g/mol. The molecule has 0 atom stereocenters. The third-order valence-corrected chi connectivity index (χ3v) is 5.92. The molecular formula is C30H28O2. The summed E-state index contributed by atoms with van der Waals surface area (Å²) in [6.45, 7) is 10.4. The number of furan rings is 2. The molecule has 2 nitrogen and oxygen atoms in total. The number of benzene rings is 4. The standard InChI is InChI=1S/C15H14O.C15H12O.H2/c2*1-10(2)11-7-5-8-13-12-6-3-4-9-14(12)16-15(11)13;/h3-10H,1-2H3;3-9H,1H2,2H3;1H. The summed E-state index contributed by atoms with van der Waals surface area (Å²) in [5, 5.41) is 4.76. The summed E-state index contributed by atoms with van der Waals surface area (Å²) in [5.74, 6) is 0.490. The zero-order valence-corrected chi connectivity index (χ0v) is 18.7. The van der Waals surface area contributed by atoms with Crippen LogP contribution in [0.5, 0.6) is 0 Å². The Morgan fingerprint density at radius 3 is 1.75 bits per heavy atom. The molecule has 0 unspecified atom stereocenters. The second kappa shape index (κ2) is 8.05. The average Bonchev–Trinajstić information content (AvgIpc) is 3.37. The van der Waals surface area contributed by atoms with E-state index >= 15 is 0 Å². The van der Waals surface area contributed by atoms with Crippen LogP contribution in [0, 0.1) is 0 Å². The molecule has 0 saturated heterocycles. The number of rotatable bonds is 2. The summed E-state index contributed by atoms with van der Waals surface area (Å²) in [5.41, 5.74) is 7.30. The topological polar surface area (TPSA) is 26.3 Å². The van der Waals surface area contributed by atoms with Crippen molar-refractivity contribution in [2.24, 2.45) is 0 Å². The summed E-state index contributed by atoms with van der Waals surface area (Å²) in [6, 6.07) is 28.9. The molecule has 0 N–H and O–H groups in total. The van der Waals surface area contributed by atoms with Crippen molar-refractivity contribution in [3.63, 3.8) is 0 Å². The van der Waals surface area contributed by atoms with Crippen molar-refractivity contribution in [2.75, 3.05) is 0 Å². The van der Waals surface area contributed by atoms with E-state index in [9.17, 15) is 0 Å². The number of allylic oxidation sites excluding steroid dienone is 1. The summed E-state index contributed by atoms with van der Waals surface area (Å²) in [4.78, 5) is 0. The maximum Gasteiger partial charge on any atom is 0.142 e. The van der Waals surface area contributed by atoms with Gasteiger partial charge in [-0.3, -0.25) is 0 Å². The van der Waals surface area contributed by atoms with Crippen LogP contribution in [0.4, 0.5) is 0 Å². The molecule has 160 valence electrons. The van der Waals surface area contributed by atoms with Crippen LogP contribution in [-0.4, -0.2) is 0 Å². The minimum atomic E-state index is 0. The molecule has 0 spiro atoms. The second-order valence-electron chi connectivity index (χ2n) is 8.54. The van der Waals surface area contributed by atoms with E-state index in [0.29, 0.717) is 5.92 Å². The first-order valence-electron chi connectivity index (χ1n) is 11.0. The van der Waals surface area contributed by atoms with Crippen LogP contribution < -0.4 is 0 Å². The van der Waals surface area contributed by atoms with Gasteiger partial charge in [0.25, 0.3) is 0 Å². The van der Waals surface area contributed by atoms with Crippen molar-refractivity contribution < 1.29 is 10.3 Å². The minimum absolute atomic E-state index is 0. The van der Waals surface area contributed by atoms with Gasteiger partial charge in [0, 0.05) is 28.5 Å². The molecule has 6 rings (SSSR count). The van der Waals surface area contributed by atoms with Gasteiger partial charge in [0.05, 0.1) is 0 Å². The Kier molecular flexibility index (Phi) is 5.07. The van der Waals surface area contributed by atoms with Crippen molar-refractivity contribution in [1.82, 2.24) is 0 Å². The van der Waals surface area contributed by atoms with E-state index < -0.39 is 0 Å². The number of para-hydroxylation sites is 4. The molecular weight excluding hydrogens is 392 g/mol. The SMILES string of the molecule is C=C(C)c1cccc2c1oc1ccccc12.CC(C)c1cccc2c1oc1ccccc12.[HH]. The quantitative estimate of drug-likeness (QED) is 0.279. The first kappa shape index (κ1) is 20.1.